The Morgan fingerprint density at radius 3 is 2.35 bits per heavy atom. The first kappa shape index (κ1) is 26.8. The molecule has 10 heteroatoms. The zero-order chi connectivity index (χ0) is 27.5. The van der Waals surface area contributed by atoms with Crippen LogP contribution in [0.15, 0.2) is 36.7 Å². The predicted octanol–water partition coefficient (Wildman–Crippen LogP) is 4.97. The van der Waals surface area contributed by atoms with E-state index in [1.54, 1.807) is 0 Å². The zero-order valence-corrected chi connectivity index (χ0v) is 23.6. The maximum absolute atomic E-state index is 12.9. The van der Waals surface area contributed by atoms with Crippen molar-refractivity contribution in [3.8, 4) is 0 Å². The molecule has 2 aromatic heterocycles. The summed E-state index contributed by atoms with van der Waals surface area (Å²) in [5, 5.41) is 10.5. The Morgan fingerprint density at radius 2 is 1.62 bits per heavy atom. The number of benzene rings is 1. The fourth-order valence-corrected chi connectivity index (χ4v) is 6.50. The lowest BCUT2D eigenvalue weighted by molar-refractivity contribution is 0.180. The van der Waals surface area contributed by atoms with Crippen LogP contribution in [0.25, 0.3) is 11.2 Å². The summed E-state index contributed by atoms with van der Waals surface area (Å²) in [6.45, 7) is 3.42. The van der Waals surface area contributed by atoms with Crippen LogP contribution in [0.2, 0.25) is 0 Å². The topological polar surface area (TPSA) is 126 Å². The summed E-state index contributed by atoms with van der Waals surface area (Å²) in [5.74, 6) is 1.46. The van der Waals surface area contributed by atoms with Crippen molar-refractivity contribution in [1.29, 1.82) is 0 Å². The number of aromatic nitrogens is 4. The van der Waals surface area contributed by atoms with Gasteiger partial charge in [0.1, 0.15) is 0 Å². The van der Waals surface area contributed by atoms with Crippen molar-refractivity contribution >= 4 is 29.0 Å². The van der Waals surface area contributed by atoms with Crippen LogP contribution in [0.3, 0.4) is 0 Å². The van der Waals surface area contributed by atoms with Gasteiger partial charge < -0.3 is 31.2 Å². The lowest BCUT2D eigenvalue weighted by Crippen LogP contribution is -2.47. The first-order valence-corrected chi connectivity index (χ1v) is 15.2. The number of amides is 2. The number of nitrogens with one attached hydrogen (secondary N) is 3. The standard InChI is InChI=1S/C30H43N9O/c1-20(21-7-3-2-4-8-21)33-30(40)38-17-15-24(16-18-38)34-27-26-28(39(19-32-26)25-9-5-6-10-25)37-29(36-27)35-23-13-11-22(31)12-14-23/h2-4,7-8,19-20,22-25H,5-6,9-18,31H2,1H3,(H,33,40)(H2,34,35,36,37)/t20-,22?,23?/m0/s1. The summed E-state index contributed by atoms with van der Waals surface area (Å²) in [6, 6.07) is 11.4. The van der Waals surface area contributed by atoms with Crippen LogP contribution in [0.5, 0.6) is 0 Å². The van der Waals surface area contributed by atoms with Gasteiger partial charge in [-0.25, -0.2) is 9.78 Å². The summed E-state index contributed by atoms with van der Waals surface area (Å²) < 4.78 is 2.26. The van der Waals surface area contributed by atoms with Crippen LogP contribution in [0, 0.1) is 0 Å². The third kappa shape index (κ3) is 6.01. The minimum Gasteiger partial charge on any atom is -0.365 e. The number of rotatable bonds is 7. The highest BCUT2D eigenvalue weighted by molar-refractivity contribution is 5.84. The van der Waals surface area contributed by atoms with Gasteiger partial charge in [-0.3, -0.25) is 0 Å². The molecule has 0 bridgehead atoms. The Balaban J connectivity index is 1.14. The molecule has 40 heavy (non-hydrogen) atoms. The molecule has 2 amide bonds. The fraction of sp³-hybridized carbons (Fsp3) is 0.600. The van der Waals surface area contributed by atoms with E-state index in [0.29, 0.717) is 37.2 Å². The van der Waals surface area contributed by atoms with Gasteiger partial charge in [0.15, 0.2) is 17.0 Å². The molecular formula is C30H43N9O. The van der Waals surface area contributed by atoms with Crippen LogP contribution in [-0.2, 0) is 0 Å². The second-order valence-electron chi connectivity index (χ2n) is 11.9. The van der Waals surface area contributed by atoms with E-state index in [9.17, 15) is 4.79 Å². The van der Waals surface area contributed by atoms with Gasteiger partial charge in [0, 0.05) is 37.3 Å². The molecule has 0 unspecified atom stereocenters. The molecule has 1 aliphatic heterocycles. The number of anilines is 2. The summed E-state index contributed by atoms with van der Waals surface area (Å²) >= 11 is 0. The van der Waals surface area contributed by atoms with Crippen LogP contribution < -0.4 is 21.7 Å². The smallest absolute Gasteiger partial charge is 0.317 e. The second kappa shape index (κ2) is 12.0. The zero-order valence-electron chi connectivity index (χ0n) is 23.6. The quantitative estimate of drug-likeness (QED) is 0.330. The van der Waals surface area contributed by atoms with Gasteiger partial charge in [-0.05, 0) is 63.9 Å². The van der Waals surface area contributed by atoms with Crippen molar-refractivity contribution in [2.75, 3.05) is 23.7 Å². The van der Waals surface area contributed by atoms with Crippen molar-refractivity contribution < 1.29 is 4.79 Å². The molecule has 5 N–H and O–H groups in total. The van der Waals surface area contributed by atoms with E-state index in [4.69, 9.17) is 20.7 Å². The minimum absolute atomic E-state index is 0.00628. The minimum atomic E-state index is -0.0281. The highest BCUT2D eigenvalue weighted by atomic mass is 16.2. The van der Waals surface area contributed by atoms with Crippen molar-refractivity contribution in [1.82, 2.24) is 29.7 Å². The van der Waals surface area contributed by atoms with Gasteiger partial charge >= 0.3 is 6.03 Å². The third-order valence-electron chi connectivity index (χ3n) is 9.01. The number of nitrogens with zero attached hydrogens (tertiary/aromatic N) is 5. The lowest BCUT2D eigenvalue weighted by atomic mass is 9.92. The molecule has 1 atom stereocenters. The number of fused-ring (bicyclic) bond motifs is 1. The van der Waals surface area contributed by atoms with E-state index in [0.717, 1.165) is 61.1 Å². The van der Waals surface area contributed by atoms with E-state index >= 15 is 0 Å². The number of urea groups is 1. The Kier molecular flexibility index (Phi) is 8.04. The maximum Gasteiger partial charge on any atom is 0.317 e. The maximum atomic E-state index is 12.9. The molecule has 1 saturated heterocycles. The molecule has 214 valence electrons. The number of hydrogen-bond donors (Lipinski definition) is 4. The summed E-state index contributed by atoms with van der Waals surface area (Å²) in [4.78, 5) is 29.6. The molecule has 10 nitrogen and oxygen atoms in total. The average Bonchev–Trinajstić information content (AvgIpc) is 3.65. The van der Waals surface area contributed by atoms with Crippen LogP contribution in [0.1, 0.15) is 88.8 Å². The molecule has 0 spiro atoms. The molecule has 3 fully saturated rings. The molecule has 3 aliphatic rings. The number of carbonyl (C=O) groups is 1. The summed E-state index contributed by atoms with van der Waals surface area (Å²) in [5.41, 5.74) is 8.99. The SMILES string of the molecule is C[C@H](NC(=O)N1CCC(Nc2nc(NC3CCC(N)CC3)nc3c2ncn3C2CCCC2)CC1)c1ccccc1. The summed E-state index contributed by atoms with van der Waals surface area (Å²) in [6.07, 6.45) is 12.6. The number of nitrogens with two attached hydrogens (primary N) is 1. The van der Waals surface area contributed by atoms with Gasteiger partial charge in [-0.1, -0.05) is 43.2 Å². The first-order valence-electron chi connectivity index (χ1n) is 15.2. The molecule has 2 saturated carbocycles. The molecule has 0 radical (unpaired) electrons. The van der Waals surface area contributed by atoms with E-state index in [2.05, 4.69) is 20.5 Å². The summed E-state index contributed by atoms with van der Waals surface area (Å²) in [7, 11) is 0. The Bertz CT molecular complexity index is 1270. The number of likely N-dealkylation sites (tertiary alicyclic amines) is 1. The Hall–Kier alpha value is -3.40. The Labute approximate surface area is 236 Å². The van der Waals surface area contributed by atoms with E-state index in [1.165, 1.54) is 25.7 Å². The number of hydrogen-bond acceptors (Lipinski definition) is 7. The van der Waals surface area contributed by atoms with Crippen molar-refractivity contribution in [3.05, 3.63) is 42.2 Å². The monoisotopic (exact) mass is 545 g/mol. The number of carbonyl (C=O) groups excluding carboxylic acids is 1. The predicted molar refractivity (Wildman–Crippen MR) is 158 cm³/mol. The highest BCUT2D eigenvalue weighted by Gasteiger charge is 2.27. The molecule has 2 aliphatic carbocycles. The normalized spacial score (nSPS) is 23.3. The third-order valence-corrected chi connectivity index (χ3v) is 9.01. The molecule has 3 aromatic rings. The van der Waals surface area contributed by atoms with Crippen molar-refractivity contribution in [2.45, 2.75) is 101 Å². The first-order chi connectivity index (χ1) is 19.5. The fourth-order valence-electron chi connectivity index (χ4n) is 6.50. The van der Waals surface area contributed by atoms with Gasteiger partial charge in [-0.15, -0.1) is 0 Å². The van der Waals surface area contributed by atoms with Crippen LogP contribution in [-0.4, -0.2) is 61.7 Å². The average molecular weight is 546 g/mol. The van der Waals surface area contributed by atoms with Crippen molar-refractivity contribution in [3.63, 3.8) is 0 Å². The number of imidazole rings is 1. The van der Waals surface area contributed by atoms with E-state index in [-0.39, 0.29) is 18.1 Å². The van der Waals surface area contributed by atoms with Gasteiger partial charge in [0.2, 0.25) is 5.95 Å². The Morgan fingerprint density at radius 1 is 0.925 bits per heavy atom. The van der Waals surface area contributed by atoms with Crippen LogP contribution in [0.4, 0.5) is 16.6 Å². The second-order valence-corrected chi connectivity index (χ2v) is 11.9. The van der Waals surface area contributed by atoms with Crippen LogP contribution >= 0.6 is 0 Å². The van der Waals surface area contributed by atoms with Gasteiger partial charge in [0.25, 0.3) is 0 Å². The molecule has 1 aromatic carbocycles. The van der Waals surface area contributed by atoms with Gasteiger partial charge in [-0.2, -0.15) is 9.97 Å². The van der Waals surface area contributed by atoms with E-state index in [1.807, 2.05) is 48.5 Å². The highest BCUT2D eigenvalue weighted by Crippen LogP contribution is 2.34. The molecule has 6 rings (SSSR count). The molecular weight excluding hydrogens is 502 g/mol. The number of piperidine rings is 1. The molecule has 3 heterocycles. The van der Waals surface area contributed by atoms with Gasteiger partial charge in [0.05, 0.1) is 12.4 Å². The van der Waals surface area contributed by atoms with Crippen molar-refractivity contribution in [2.24, 2.45) is 5.73 Å². The largest absolute Gasteiger partial charge is 0.365 e. The van der Waals surface area contributed by atoms with E-state index < -0.39 is 0 Å². The lowest BCUT2D eigenvalue weighted by Gasteiger charge is -2.33.